The fourth-order valence-electron chi connectivity index (χ4n) is 3.55. The minimum absolute atomic E-state index is 0.449. The number of aryl methyl sites for hydroxylation is 1. The number of hydrogen-bond acceptors (Lipinski definition) is 7. The molecule has 0 aromatic carbocycles. The molecular formula is C20H17N5O2. The number of rotatable bonds is 3. The standard InChI is InChI=1S/C20H17N5O2/c1-13-18(19-23-20(27-24-19)14-5-9-26-12-14)17-4-8-25(11-15(17)10-22-13)16-2-6-21-7-3-16/h2-3,5-7,9-10,12H,4,8,11H2,1H3. The first-order valence-electron chi connectivity index (χ1n) is 8.78. The Morgan fingerprint density at radius 2 is 2.04 bits per heavy atom. The van der Waals surface area contributed by atoms with Crippen molar-refractivity contribution in [1.82, 2.24) is 20.1 Å². The Hall–Kier alpha value is -3.48. The van der Waals surface area contributed by atoms with Crippen LogP contribution in [0.2, 0.25) is 0 Å². The predicted octanol–water partition coefficient (Wildman–Crippen LogP) is 3.66. The molecule has 0 radical (unpaired) electrons. The van der Waals surface area contributed by atoms with E-state index in [1.54, 1.807) is 18.6 Å². The molecule has 5 heterocycles. The van der Waals surface area contributed by atoms with Gasteiger partial charge in [-0.3, -0.25) is 9.97 Å². The summed E-state index contributed by atoms with van der Waals surface area (Å²) in [6.45, 7) is 3.70. The van der Waals surface area contributed by atoms with E-state index in [9.17, 15) is 0 Å². The van der Waals surface area contributed by atoms with Crippen LogP contribution in [-0.4, -0.2) is 26.7 Å². The largest absolute Gasteiger partial charge is 0.472 e. The van der Waals surface area contributed by atoms with E-state index in [2.05, 4.69) is 25.0 Å². The molecule has 0 fully saturated rings. The summed E-state index contributed by atoms with van der Waals surface area (Å²) in [6.07, 6.45) is 9.67. The lowest BCUT2D eigenvalue weighted by molar-refractivity contribution is 0.431. The van der Waals surface area contributed by atoms with Gasteiger partial charge >= 0.3 is 0 Å². The fourth-order valence-corrected chi connectivity index (χ4v) is 3.55. The van der Waals surface area contributed by atoms with Gasteiger partial charge in [0.25, 0.3) is 5.89 Å². The number of nitrogens with zero attached hydrogens (tertiary/aromatic N) is 5. The number of anilines is 1. The van der Waals surface area contributed by atoms with Crippen LogP contribution >= 0.6 is 0 Å². The van der Waals surface area contributed by atoms with Gasteiger partial charge in [-0.15, -0.1) is 0 Å². The van der Waals surface area contributed by atoms with Crippen LogP contribution in [0.1, 0.15) is 16.8 Å². The monoisotopic (exact) mass is 359 g/mol. The Morgan fingerprint density at radius 1 is 1.15 bits per heavy atom. The van der Waals surface area contributed by atoms with Crippen molar-refractivity contribution in [3.63, 3.8) is 0 Å². The maximum absolute atomic E-state index is 5.43. The molecule has 4 aromatic rings. The van der Waals surface area contributed by atoms with Gasteiger partial charge < -0.3 is 13.8 Å². The molecular weight excluding hydrogens is 342 g/mol. The lowest BCUT2D eigenvalue weighted by Gasteiger charge is -2.31. The third-order valence-corrected chi connectivity index (χ3v) is 4.90. The molecule has 7 heteroatoms. The highest BCUT2D eigenvalue weighted by Crippen LogP contribution is 2.33. The molecule has 0 spiro atoms. The van der Waals surface area contributed by atoms with Crippen molar-refractivity contribution in [3.8, 4) is 22.8 Å². The first-order chi connectivity index (χ1) is 13.3. The van der Waals surface area contributed by atoms with Crippen LogP contribution in [-0.2, 0) is 13.0 Å². The molecule has 0 unspecified atom stereocenters. The molecule has 0 amide bonds. The normalized spacial score (nSPS) is 13.6. The van der Waals surface area contributed by atoms with Crippen LogP contribution in [0.3, 0.4) is 0 Å². The molecule has 0 bridgehead atoms. The average molecular weight is 359 g/mol. The summed E-state index contributed by atoms with van der Waals surface area (Å²) in [6, 6.07) is 5.86. The van der Waals surface area contributed by atoms with Crippen molar-refractivity contribution in [2.75, 3.05) is 11.4 Å². The highest BCUT2D eigenvalue weighted by Gasteiger charge is 2.24. The molecule has 134 valence electrons. The van der Waals surface area contributed by atoms with E-state index < -0.39 is 0 Å². The van der Waals surface area contributed by atoms with E-state index in [0.29, 0.717) is 11.7 Å². The van der Waals surface area contributed by atoms with Gasteiger partial charge in [0, 0.05) is 48.6 Å². The van der Waals surface area contributed by atoms with Gasteiger partial charge in [0.05, 0.1) is 11.8 Å². The molecule has 0 atom stereocenters. The first kappa shape index (κ1) is 15.7. The van der Waals surface area contributed by atoms with Gasteiger partial charge in [-0.2, -0.15) is 4.98 Å². The molecule has 5 rings (SSSR count). The molecule has 4 aromatic heterocycles. The summed E-state index contributed by atoms with van der Waals surface area (Å²) in [5, 5.41) is 4.20. The van der Waals surface area contributed by atoms with Crippen LogP contribution in [0.4, 0.5) is 5.69 Å². The van der Waals surface area contributed by atoms with E-state index in [1.165, 1.54) is 16.8 Å². The van der Waals surface area contributed by atoms with Crippen LogP contribution in [0.5, 0.6) is 0 Å². The van der Waals surface area contributed by atoms with E-state index in [4.69, 9.17) is 8.94 Å². The zero-order valence-electron chi connectivity index (χ0n) is 14.8. The van der Waals surface area contributed by atoms with Gasteiger partial charge in [-0.05, 0) is 42.7 Å². The van der Waals surface area contributed by atoms with E-state index in [0.717, 1.165) is 36.3 Å². The van der Waals surface area contributed by atoms with Crippen LogP contribution < -0.4 is 4.90 Å². The highest BCUT2D eigenvalue weighted by atomic mass is 16.5. The fraction of sp³-hybridized carbons (Fsp3) is 0.200. The summed E-state index contributed by atoms with van der Waals surface area (Å²) in [4.78, 5) is 15.6. The molecule has 1 aliphatic heterocycles. The zero-order valence-corrected chi connectivity index (χ0v) is 14.8. The Bertz CT molecular complexity index is 1070. The van der Waals surface area contributed by atoms with Crippen molar-refractivity contribution in [2.24, 2.45) is 0 Å². The third-order valence-electron chi connectivity index (χ3n) is 4.90. The molecule has 7 nitrogen and oxygen atoms in total. The van der Waals surface area contributed by atoms with Crippen molar-refractivity contribution in [2.45, 2.75) is 19.9 Å². The number of hydrogen-bond donors (Lipinski definition) is 0. The lowest BCUT2D eigenvalue weighted by atomic mass is 9.94. The topological polar surface area (TPSA) is 81.1 Å². The summed E-state index contributed by atoms with van der Waals surface area (Å²) in [5.41, 5.74) is 6.25. The maximum Gasteiger partial charge on any atom is 0.261 e. The molecule has 0 saturated carbocycles. The number of furan rings is 1. The number of aromatic nitrogens is 4. The molecule has 0 saturated heterocycles. The minimum Gasteiger partial charge on any atom is -0.472 e. The lowest BCUT2D eigenvalue weighted by Crippen LogP contribution is -2.31. The van der Waals surface area contributed by atoms with E-state index in [1.807, 2.05) is 37.6 Å². The second kappa shape index (κ2) is 6.35. The van der Waals surface area contributed by atoms with Gasteiger partial charge in [0.1, 0.15) is 6.26 Å². The summed E-state index contributed by atoms with van der Waals surface area (Å²) >= 11 is 0. The quantitative estimate of drug-likeness (QED) is 0.552. The Balaban J connectivity index is 1.52. The van der Waals surface area contributed by atoms with Gasteiger partial charge in [-0.1, -0.05) is 5.16 Å². The number of fused-ring (bicyclic) bond motifs is 1. The number of pyridine rings is 2. The van der Waals surface area contributed by atoms with E-state index in [-0.39, 0.29) is 0 Å². The summed E-state index contributed by atoms with van der Waals surface area (Å²) in [5.74, 6) is 1.02. The van der Waals surface area contributed by atoms with Crippen LogP contribution in [0.15, 0.2) is 58.3 Å². The minimum atomic E-state index is 0.449. The Kier molecular flexibility index (Phi) is 3.71. The summed E-state index contributed by atoms with van der Waals surface area (Å²) in [7, 11) is 0. The second-order valence-corrected chi connectivity index (χ2v) is 6.53. The van der Waals surface area contributed by atoms with Gasteiger partial charge in [0.15, 0.2) is 0 Å². The SMILES string of the molecule is Cc1ncc2c(c1-c1noc(-c3ccoc3)n1)CCN(c1ccncc1)C2. The smallest absolute Gasteiger partial charge is 0.261 e. The maximum atomic E-state index is 5.43. The van der Waals surface area contributed by atoms with Crippen LogP contribution in [0.25, 0.3) is 22.8 Å². The molecule has 1 aliphatic rings. The molecule has 0 aliphatic carbocycles. The van der Waals surface area contributed by atoms with Gasteiger partial charge in [0.2, 0.25) is 5.82 Å². The van der Waals surface area contributed by atoms with Crippen molar-refractivity contribution < 1.29 is 8.94 Å². The van der Waals surface area contributed by atoms with Crippen LogP contribution in [0, 0.1) is 6.92 Å². The Labute approximate surface area is 155 Å². The predicted molar refractivity (Wildman–Crippen MR) is 99.0 cm³/mol. The summed E-state index contributed by atoms with van der Waals surface area (Å²) < 4.78 is 10.5. The molecule has 0 N–H and O–H groups in total. The first-order valence-corrected chi connectivity index (χ1v) is 8.78. The second-order valence-electron chi connectivity index (χ2n) is 6.53. The van der Waals surface area contributed by atoms with Crippen molar-refractivity contribution in [1.29, 1.82) is 0 Å². The molecule has 27 heavy (non-hydrogen) atoms. The van der Waals surface area contributed by atoms with Crippen molar-refractivity contribution >= 4 is 5.69 Å². The average Bonchev–Trinajstić information content (AvgIpc) is 3.40. The highest BCUT2D eigenvalue weighted by molar-refractivity contribution is 5.67. The third kappa shape index (κ3) is 2.77. The Morgan fingerprint density at radius 3 is 2.85 bits per heavy atom. The van der Waals surface area contributed by atoms with Crippen molar-refractivity contribution in [3.05, 3.63) is 66.1 Å². The zero-order chi connectivity index (χ0) is 18.2. The van der Waals surface area contributed by atoms with Gasteiger partial charge in [-0.25, -0.2) is 0 Å². The van der Waals surface area contributed by atoms with E-state index >= 15 is 0 Å².